The first kappa shape index (κ1) is 35.4. The topological polar surface area (TPSA) is 64.8 Å². The van der Waals surface area contributed by atoms with E-state index in [2.05, 4.69) is 0 Å². The first-order valence-corrected chi connectivity index (χ1v) is 17.8. The SMILES string of the molecule is c1ccc(CO/C(=N\c2ccccc2)c2cc(/C(=N/c3ccccc3)OCc3ccccc3)cc(/C(=N/c3ccccc3)OCc3ccccc3)c2)cc1. The predicted octanol–water partition coefficient (Wildman–Crippen LogP) is 11.6. The second-order valence-electron chi connectivity index (χ2n) is 12.4. The molecule has 54 heavy (non-hydrogen) atoms. The Bertz CT molecular complexity index is 2020. The molecule has 264 valence electrons. The average molecular weight is 706 g/mol. The minimum Gasteiger partial charge on any atom is -0.472 e. The number of hydrogen-bond donors (Lipinski definition) is 0. The fraction of sp³-hybridized carbons (Fsp3) is 0.0625. The number of benzene rings is 7. The van der Waals surface area contributed by atoms with E-state index in [0.29, 0.717) is 54.2 Å². The van der Waals surface area contributed by atoms with Crippen molar-refractivity contribution < 1.29 is 14.2 Å². The Balaban J connectivity index is 1.39. The van der Waals surface area contributed by atoms with Crippen LogP contribution in [0.3, 0.4) is 0 Å². The molecule has 0 bridgehead atoms. The van der Waals surface area contributed by atoms with Gasteiger partial charge < -0.3 is 14.2 Å². The standard InChI is InChI=1S/C48H39N3O3/c1-7-19-37(20-8-1)34-52-46(49-43-25-13-4-14-26-43)40-31-41(47(50-44-27-15-5-16-28-44)53-35-38-21-9-2-10-22-38)33-42(32-40)48(51-45-29-17-6-18-30-45)54-36-39-23-11-3-12-24-39/h1-33H,34-36H2/b49-46-,50-47-,51-48-. The summed E-state index contributed by atoms with van der Waals surface area (Å²) in [5.41, 5.74) is 7.43. The highest BCUT2D eigenvalue weighted by Crippen LogP contribution is 2.24. The summed E-state index contributed by atoms with van der Waals surface area (Å²) < 4.78 is 19.7. The Hall–Kier alpha value is -7.05. The fourth-order valence-electron chi connectivity index (χ4n) is 5.58. The number of aliphatic imine (C=N–C) groups is 3. The molecule has 0 aliphatic heterocycles. The monoisotopic (exact) mass is 705 g/mol. The molecule has 0 radical (unpaired) electrons. The lowest BCUT2D eigenvalue weighted by molar-refractivity contribution is 0.291. The van der Waals surface area contributed by atoms with Gasteiger partial charge in [-0.05, 0) is 71.3 Å². The van der Waals surface area contributed by atoms with E-state index in [0.717, 1.165) is 33.8 Å². The van der Waals surface area contributed by atoms with Crippen LogP contribution in [-0.4, -0.2) is 17.7 Å². The minimum absolute atomic E-state index is 0.316. The van der Waals surface area contributed by atoms with Crippen molar-refractivity contribution in [1.82, 2.24) is 0 Å². The first-order chi connectivity index (χ1) is 26.7. The van der Waals surface area contributed by atoms with E-state index in [4.69, 9.17) is 29.2 Å². The molecule has 7 aromatic rings. The number of hydrogen-bond acceptors (Lipinski definition) is 6. The van der Waals surface area contributed by atoms with E-state index in [1.165, 1.54) is 0 Å². The van der Waals surface area contributed by atoms with E-state index in [-0.39, 0.29) is 0 Å². The molecule has 0 aromatic heterocycles. The van der Waals surface area contributed by atoms with Gasteiger partial charge in [0.25, 0.3) is 0 Å². The quantitative estimate of drug-likeness (QED) is 0.0939. The first-order valence-electron chi connectivity index (χ1n) is 17.8. The molecule has 0 saturated carbocycles. The second kappa shape index (κ2) is 18.4. The molecule has 6 heteroatoms. The van der Waals surface area contributed by atoms with Crippen LogP contribution in [-0.2, 0) is 34.0 Å². The maximum Gasteiger partial charge on any atom is 0.221 e. The second-order valence-corrected chi connectivity index (χ2v) is 12.4. The molecule has 0 amide bonds. The van der Waals surface area contributed by atoms with Gasteiger partial charge in [0.1, 0.15) is 19.8 Å². The molecule has 0 spiro atoms. The van der Waals surface area contributed by atoms with Gasteiger partial charge in [-0.25, -0.2) is 15.0 Å². The van der Waals surface area contributed by atoms with Gasteiger partial charge in [-0.1, -0.05) is 146 Å². The number of para-hydroxylation sites is 3. The third-order valence-corrected chi connectivity index (χ3v) is 8.29. The highest BCUT2D eigenvalue weighted by Gasteiger charge is 2.18. The van der Waals surface area contributed by atoms with Gasteiger partial charge in [-0.2, -0.15) is 0 Å². The Labute approximate surface area is 316 Å². The predicted molar refractivity (Wildman–Crippen MR) is 218 cm³/mol. The van der Waals surface area contributed by atoms with Crippen molar-refractivity contribution in [3.8, 4) is 0 Å². The van der Waals surface area contributed by atoms with Crippen molar-refractivity contribution in [2.75, 3.05) is 0 Å². The summed E-state index contributed by atoms with van der Waals surface area (Å²) in [5.74, 6) is 1.28. The van der Waals surface area contributed by atoms with Gasteiger partial charge in [0.05, 0.1) is 17.1 Å². The zero-order valence-electron chi connectivity index (χ0n) is 29.7. The van der Waals surface area contributed by atoms with Crippen molar-refractivity contribution in [2.24, 2.45) is 15.0 Å². The van der Waals surface area contributed by atoms with E-state index < -0.39 is 0 Å². The highest BCUT2D eigenvalue weighted by atomic mass is 16.5. The Morgan fingerprint density at radius 1 is 0.296 bits per heavy atom. The summed E-state index contributed by atoms with van der Waals surface area (Å²) in [6.07, 6.45) is 0. The van der Waals surface area contributed by atoms with Crippen LogP contribution in [0.4, 0.5) is 17.1 Å². The molecule has 0 aliphatic carbocycles. The molecule has 0 aliphatic rings. The average Bonchev–Trinajstić information content (AvgIpc) is 3.24. The van der Waals surface area contributed by atoms with Crippen LogP contribution >= 0.6 is 0 Å². The lowest BCUT2D eigenvalue weighted by atomic mass is 10.0. The van der Waals surface area contributed by atoms with Crippen LogP contribution in [0.25, 0.3) is 0 Å². The van der Waals surface area contributed by atoms with E-state index in [9.17, 15) is 0 Å². The summed E-state index contributed by atoms with van der Waals surface area (Å²) in [4.78, 5) is 15.1. The molecule has 0 unspecified atom stereocenters. The number of nitrogens with zero attached hydrogens (tertiary/aromatic N) is 3. The van der Waals surface area contributed by atoms with Crippen LogP contribution in [0.1, 0.15) is 33.4 Å². The number of rotatable bonds is 12. The van der Waals surface area contributed by atoms with Gasteiger partial charge in [-0.3, -0.25) is 0 Å². The summed E-state index contributed by atoms with van der Waals surface area (Å²) in [6.45, 7) is 0.949. The van der Waals surface area contributed by atoms with E-state index in [1.807, 2.05) is 200 Å². The third-order valence-electron chi connectivity index (χ3n) is 8.29. The van der Waals surface area contributed by atoms with Crippen LogP contribution in [0.15, 0.2) is 215 Å². The van der Waals surface area contributed by atoms with Crippen LogP contribution < -0.4 is 0 Å². The molecular weight excluding hydrogens is 667 g/mol. The summed E-state index contributed by atoms with van der Waals surface area (Å²) in [5, 5.41) is 0. The smallest absolute Gasteiger partial charge is 0.221 e. The Morgan fingerprint density at radius 3 is 0.759 bits per heavy atom. The highest BCUT2D eigenvalue weighted by molar-refractivity contribution is 6.06. The van der Waals surface area contributed by atoms with Gasteiger partial charge in [0, 0.05) is 16.7 Å². The van der Waals surface area contributed by atoms with Gasteiger partial charge in [0.15, 0.2) is 0 Å². The molecule has 7 rings (SSSR count). The van der Waals surface area contributed by atoms with Crippen molar-refractivity contribution in [3.05, 3.63) is 234 Å². The molecule has 0 saturated heterocycles. The van der Waals surface area contributed by atoms with Crippen LogP contribution in [0.2, 0.25) is 0 Å². The van der Waals surface area contributed by atoms with Crippen molar-refractivity contribution in [1.29, 1.82) is 0 Å². The zero-order valence-corrected chi connectivity index (χ0v) is 29.7. The Kier molecular flexibility index (Phi) is 12.1. The molecule has 6 nitrogen and oxygen atoms in total. The van der Waals surface area contributed by atoms with Gasteiger partial charge in [0.2, 0.25) is 17.7 Å². The van der Waals surface area contributed by atoms with E-state index in [1.54, 1.807) is 0 Å². The van der Waals surface area contributed by atoms with Crippen molar-refractivity contribution >= 4 is 34.8 Å². The lowest BCUT2D eigenvalue weighted by Gasteiger charge is -2.17. The lowest BCUT2D eigenvalue weighted by Crippen LogP contribution is -2.15. The third kappa shape index (κ3) is 10.3. The molecule has 0 fully saturated rings. The van der Waals surface area contributed by atoms with E-state index >= 15 is 0 Å². The zero-order chi connectivity index (χ0) is 36.6. The van der Waals surface area contributed by atoms with Crippen molar-refractivity contribution in [2.45, 2.75) is 19.8 Å². The minimum atomic E-state index is 0.316. The van der Waals surface area contributed by atoms with Crippen LogP contribution in [0.5, 0.6) is 0 Å². The Morgan fingerprint density at radius 2 is 0.519 bits per heavy atom. The number of ether oxygens (including phenoxy) is 3. The molecule has 0 N–H and O–H groups in total. The largest absolute Gasteiger partial charge is 0.472 e. The molecule has 0 heterocycles. The fourth-order valence-corrected chi connectivity index (χ4v) is 5.58. The summed E-state index contributed by atoms with van der Waals surface area (Å²) >= 11 is 0. The molecule has 7 aromatic carbocycles. The maximum atomic E-state index is 6.57. The summed E-state index contributed by atoms with van der Waals surface area (Å²) in [7, 11) is 0. The van der Waals surface area contributed by atoms with Crippen LogP contribution in [0, 0.1) is 0 Å². The molecular formula is C48H39N3O3. The van der Waals surface area contributed by atoms with Gasteiger partial charge >= 0.3 is 0 Å². The normalized spacial score (nSPS) is 11.9. The molecule has 0 atom stereocenters. The van der Waals surface area contributed by atoms with Gasteiger partial charge in [-0.15, -0.1) is 0 Å². The summed E-state index contributed by atoms with van der Waals surface area (Å²) in [6, 6.07) is 65.5. The maximum absolute atomic E-state index is 6.57. The van der Waals surface area contributed by atoms with Crippen molar-refractivity contribution in [3.63, 3.8) is 0 Å².